The molecule has 0 saturated heterocycles. The van der Waals surface area contributed by atoms with Crippen molar-refractivity contribution in [3.8, 4) is 5.75 Å². The van der Waals surface area contributed by atoms with Crippen molar-refractivity contribution >= 4 is 11.2 Å². The first kappa shape index (κ1) is 21.1. The minimum Gasteiger partial charge on any atom is -0.492 e. The molecule has 1 aliphatic carbocycles. The summed E-state index contributed by atoms with van der Waals surface area (Å²) in [5.74, 6) is 2.60. The molecule has 1 N–H and O–H groups in total. The molecule has 4 aromatic rings. The van der Waals surface area contributed by atoms with Gasteiger partial charge in [0.2, 0.25) is 0 Å². The fourth-order valence-electron chi connectivity index (χ4n) is 4.24. The summed E-state index contributed by atoms with van der Waals surface area (Å²) >= 11 is 0. The van der Waals surface area contributed by atoms with E-state index < -0.39 is 5.41 Å². The Morgan fingerprint density at radius 3 is 2.76 bits per heavy atom. The van der Waals surface area contributed by atoms with Crippen LogP contribution in [-0.4, -0.2) is 41.8 Å². The van der Waals surface area contributed by atoms with Crippen molar-refractivity contribution in [1.29, 1.82) is 0 Å². The number of rotatable bonds is 8. The van der Waals surface area contributed by atoms with Crippen LogP contribution in [0.5, 0.6) is 5.75 Å². The molecule has 3 heterocycles. The van der Waals surface area contributed by atoms with E-state index in [1.54, 1.807) is 0 Å². The van der Waals surface area contributed by atoms with Gasteiger partial charge >= 0.3 is 0 Å². The minimum atomic E-state index is -0.398. The molecule has 0 aliphatic heterocycles. The summed E-state index contributed by atoms with van der Waals surface area (Å²) in [4.78, 5) is 9.49. The van der Waals surface area contributed by atoms with E-state index in [1.165, 1.54) is 5.56 Å². The molecule has 0 spiro atoms. The lowest BCUT2D eigenvalue weighted by molar-refractivity contribution is 0.240. The standard InChI is InChI=1S/C25H27N7O/c1-3-7-21-27-22-18(2)12-15-26-23(22)32(21)16-19-8-10-20(11-9-19)33-17-25(13-5-4-6-14-25)24-28-30-31-29-24/h4-6,8-13,15H,3,7,14,16-17H2,1-2H3,(H,28,29,30,31). The second kappa shape index (κ2) is 8.97. The summed E-state index contributed by atoms with van der Waals surface area (Å²) in [7, 11) is 0. The molecule has 0 amide bonds. The first-order valence-corrected chi connectivity index (χ1v) is 11.3. The van der Waals surface area contributed by atoms with Crippen molar-refractivity contribution in [2.24, 2.45) is 0 Å². The van der Waals surface area contributed by atoms with Gasteiger partial charge in [-0.15, -0.1) is 5.10 Å². The molecule has 0 radical (unpaired) electrons. The van der Waals surface area contributed by atoms with Gasteiger partial charge in [-0.25, -0.2) is 15.1 Å². The number of aromatic amines is 1. The van der Waals surface area contributed by atoms with Gasteiger partial charge in [0.15, 0.2) is 11.5 Å². The highest BCUT2D eigenvalue weighted by atomic mass is 16.5. The predicted octanol–water partition coefficient (Wildman–Crippen LogP) is 4.09. The van der Waals surface area contributed by atoms with Gasteiger partial charge in [-0.3, -0.25) is 0 Å². The lowest BCUT2D eigenvalue weighted by Crippen LogP contribution is -2.33. The van der Waals surface area contributed by atoms with Crippen LogP contribution in [0, 0.1) is 6.92 Å². The first-order valence-electron chi connectivity index (χ1n) is 11.3. The van der Waals surface area contributed by atoms with Crippen molar-refractivity contribution < 1.29 is 4.74 Å². The first-order chi connectivity index (χ1) is 16.2. The SMILES string of the molecule is CCCc1nc2c(C)ccnc2n1Cc1ccc(OCC2(c3nnn[nH]3)C=CC=CC2)cc1. The molecule has 0 saturated carbocycles. The van der Waals surface area contributed by atoms with Gasteiger partial charge in [-0.2, -0.15) is 0 Å². The number of fused-ring (bicyclic) bond motifs is 1. The highest BCUT2D eigenvalue weighted by Gasteiger charge is 2.34. The fourth-order valence-corrected chi connectivity index (χ4v) is 4.24. The number of allylic oxidation sites excluding steroid dienone is 3. The van der Waals surface area contributed by atoms with Gasteiger partial charge in [0.05, 0.1) is 12.0 Å². The molecule has 1 aliphatic rings. The van der Waals surface area contributed by atoms with E-state index >= 15 is 0 Å². The Kier molecular flexibility index (Phi) is 5.73. The Labute approximate surface area is 192 Å². The molecule has 0 fully saturated rings. The summed E-state index contributed by atoms with van der Waals surface area (Å²) in [6, 6.07) is 10.3. The number of H-pyrrole nitrogens is 1. The van der Waals surface area contributed by atoms with E-state index in [0.717, 1.165) is 54.1 Å². The zero-order valence-corrected chi connectivity index (χ0v) is 18.9. The second-order valence-corrected chi connectivity index (χ2v) is 8.49. The second-order valence-electron chi connectivity index (χ2n) is 8.49. The van der Waals surface area contributed by atoms with Crippen LogP contribution in [0.15, 0.2) is 60.8 Å². The molecule has 1 unspecified atom stereocenters. The number of benzene rings is 1. The van der Waals surface area contributed by atoms with E-state index in [-0.39, 0.29) is 0 Å². The van der Waals surface area contributed by atoms with E-state index in [2.05, 4.69) is 68.3 Å². The van der Waals surface area contributed by atoms with Crippen LogP contribution in [0.1, 0.15) is 42.5 Å². The van der Waals surface area contributed by atoms with Crippen molar-refractivity contribution in [3.05, 3.63) is 83.6 Å². The van der Waals surface area contributed by atoms with Gasteiger partial charge in [-0.1, -0.05) is 43.4 Å². The van der Waals surface area contributed by atoms with Crippen molar-refractivity contribution in [2.45, 2.75) is 45.1 Å². The summed E-state index contributed by atoms with van der Waals surface area (Å²) in [5, 5.41) is 14.5. The Morgan fingerprint density at radius 2 is 2.03 bits per heavy atom. The molecule has 5 rings (SSSR count). The zero-order valence-electron chi connectivity index (χ0n) is 18.9. The van der Waals surface area contributed by atoms with E-state index in [4.69, 9.17) is 9.72 Å². The quantitative estimate of drug-likeness (QED) is 0.443. The van der Waals surface area contributed by atoms with E-state index in [1.807, 2.05) is 36.5 Å². The monoisotopic (exact) mass is 441 g/mol. The third kappa shape index (κ3) is 4.16. The number of hydrogen-bond donors (Lipinski definition) is 1. The summed E-state index contributed by atoms with van der Waals surface area (Å²) in [6.07, 6.45) is 12.8. The number of nitrogens with zero attached hydrogens (tertiary/aromatic N) is 6. The number of aryl methyl sites for hydroxylation is 2. The topological polar surface area (TPSA) is 94.4 Å². The molecule has 8 heteroatoms. The molecule has 168 valence electrons. The number of tetrazole rings is 1. The van der Waals surface area contributed by atoms with E-state index in [9.17, 15) is 0 Å². The summed E-state index contributed by atoms with van der Waals surface area (Å²) < 4.78 is 8.41. The van der Waals surface area contributed by atoms with Crippen molar-refractivity contribution in [1.82, 2.24) is 35.2 Å². The molecule has 0 bridgehead atoms. The molecular weight excluding hydrogens is 414 g/mol. The predicted molar refractivity (Wildman–Crippen MR) is 126 cm³/mol. The third-order valence-electron chi connectivity index (χ3n) is 6.11. The van der Waals surface area contributed by atoms with Crippen LogP contribution in [0.2, 0.25) is 0 Å². The lowest BCUT2D eigenvalue weighted by atomic mass is 9.81. The fraction of sp³-hybridized carbons (Fsp3) is 0.320. The highest BCUT2D eigenvalue weighted by molar-refractivity contribution is 5.75. The average Bonchev–Trinajstić information content (AvgIpc) is 3.50. The smallest absolute Gasteiger partial charge is 0.162 e. The molecule has 3 aromatic heterocycles. The Morgan fingerprint density at radius 1 is 1.15 bits per heavy atom. The van der Waals surface area contributed by atoms with Crippen LogP contribution in [-0.2, 0) is 18.4 Å². The van der Waals surface area contributed by atoms with E-state index in [0.29, 0.717) is 12.4 Å². The van der Waals surface area contributed by atoms with Gasteiger partial charge < -0.3 is 9.30 Å². The minimum absolute atomic E-state index is 0.398. The van der Waals surface area contributed by atoms with Crippen LogP contribution in [0.25, 0.3) is 11.2 Å². The Balaban J connectivity index is 1.34. The molecule has 8 nitrogen and oxygen atoms in total. The number of hydrogen-bond acceptors (Lipinski definition) is 6. The molecular formula is C25H27N7O. The van der Waals surface area contributed by atoms with Gasteiger partial charge in [0.1, 0.15) is 23.7 Å². The number of aromatic nitrogens is 7. The zero-order chi connectivity index (χ0) is 22.7. The average molecular weight is 442 g/mol. The number of pyridine rings is 1. The number of nitrogens with one attached hydrogen (secondary N) is 1. The summed E-state index contributed by atoms with van der Waals surface area (Å²) in [5.41, 5.74) is 3.87. The highest BCUT2D eigenvalue weighted by Crippen LogP contribution is 2.31. The molecule has 33 heavy (non-hydrogen) atoms. The van der Waals surface area contributed by atoms with Crippen LogP contribution >= 0.6 is 0 Å². The van der Waals surface area contributed by atoms with Gasteiger partial charge in [0.25, 0.3) is 0 Å². The largest absolute Gasteiger partial charge is 0.492 e. The van der Waals surface area contributed by atoms with Crippen LogP contribution in [0.4, 0.5) is 0 Å². The maximum Gasteiger partial charge on any atom is 0.162 e. The van der Waals surface area contributed by atoms with Gasteiger partial charge in [-0.05, 0) is 59.5 Å². The summed E-state index contributed by atoms with van der Waals surface area (Å²) in [6.45, 7) is 5.43. The molecule has 1 atom stereocenters. The van der Waals surface area contributed by atoms with Crippen molar-refractivity contribution in [3.63, 3.8) is 0 Å². The lowest BCUT2D eigenvalue weighted by Gasteiger charge is -2.28. The number of imidazole rings is 1. The van der Waals surface area contributed by atoms with Crippen molar-refractivity contribution in [2.75, 3.05) is 6.61 Å². The van der Waals surface area contributed by atoms with Gasteiger partial charge in [0, 0.05) is 12.6 Å². The Bertz CT molecular complexity index is 1290. The molecule has 1 aromatic carbocycles. The normalized spacial score (nSPS) is 17.6. The number of ether oxygens (including phenoxy) is 1. The Hall–Kier alpha value is -3.81. The third-order valence-corrected chi connectivity index (χ3v) is 6.11. The maximum absolute atomic E-state index is 6.18. The maximum atomic E-state index is 6.18. The van der Waals surface area contributed by atoms with Crippen LogP contribution in [0.3, 0.4) is 0 Å². The van der Waals surface area contributed by atoms with Crippen LogP contribution < -0.4 is 4.74 Å².